The second-order valence-electron chi connectivity index (χ2n) is 1.87. The maximum atomic E-state index is 10.3. The summed E-state index contributed by atoms with van der Waals surface area (Å²) in [5, 5.41) is 2.40. The minimum atomic E-state index is -0.598. The Bertz CT molecular complexity index is 148. The van der Waals surface area contributed by atoms with Crippen LogP contribution in [-0.4, -0.2) is 17.1 Å². The van der Waals surface area contributed by atoms with E-state index >= 15 is 0 Å². The highest BCUT2D eigenvalue weighted by atomic mass is 32.1. The molecule has 0 aliphatic carbocycles. The molecule has 5 heteroatoms. The second kappa shape index (κ2) is 4.05. The molecule has 1 unspecified atom stereocenters. The zero-order chi connectivity index (χ0) is 8.15. The van der Waals surface area contributed by atoms with Crippen LogP contribution in [0.25, 0.3) is 0 Å². The van der Waals surface area contributed by atoms with Crippen molar-refractivity contribution in [3.63, 3.8) is 0 Å². The zero-order valence-corrected chi connectivity index (χ0v) is 6.57. The van der Waals surface area contributed by atoms with Gasteiger partial charge in [-0.05, 0) is 6.42 Å². The second-order valence-corrected chi connectivity index (χ2v) is 2.34. The van der Waals surface area contributed by atoms with Crippen LogP contribution in [-0.2, 0) is 0 Å². The summed E-state index contributed by atoms with van der Waals surface area (Å²) in [4.78, 5) is 10.5. The first-order chi connectivity index (χ1) is 4.57. The summed E-state index contributed by atoms with van der Waals surface area (Å²) >= 11 is 4.64. The number of urea groups is 1. The van der Waals surface area contributed by atoms with E-state index in [9.17, 15) is 4.79 Å². The van der Waals surface area contributed by atoms with Gasteiger partial charge in [-0.25, -0.2) is 4.79 Å². The van der Waals surface area contributed by atoms with Gasteiger partial charge in [0.15, 0.2) is 0 Å². The molecule has 0 aromatic heterocycles. The molecule has 0 radical (unpaired) electrons. The Hall–Kier alpha value is -0.840. The van der Waals surface area contributed by atoms with Crippen molar-refractivity contribution in [1.29, 1.82) is 0 Å². The van der Waals surface area contributed by atoms with Crippen molar-refractivity contribution in [1.82, 2.24) is 5.32 Å². The van der Waals surface area contributed by atoms with Crippen molar-refractivity contribution in [2.24, 2.45) is 11.5 Å². The lowest BCUT2D eigenvalue weighted by Gasteiger charge is -2.12. The Balaban J connectivity index is 3.83. The normalized spacial score (nSPS) is 12.1. The molecule has 0 fully saturated rings. The minimum absolute atomic E-state index is 0.265. The van der Waals surface area contributed by atoms with Crippen molar-refractivity contribution in [2.45, 2.75) is 19.4 Å². The molecule has 0 aliphatic rings. The molecule has 0 heterocycles. The van der Waals surface area contributed by atoms with E-state index in [1.165, 1.54) is 0 Å². The van der Waals surface area contributed by atoms with E-state index in [1.807, 2.05) is 6.92 Å². The third-order valence-electron chi connectivity index (χ3n) is 1.07. The lowest BCUT2D eigenvalue weighted by atomic mass is 10.2. The maximum Gasteiger partial charge on any atom is 0.312 e. The molecule has 0 saturated carbocycles. The van der Waals surface area contributed by atoms with Gasteiger partial charge in [-0.2, -0.15) is 0 Å². The van der Waals surface area contributed by atoms with Crippen LogP contribution >= 0.6 is 12.2 Å². The molecule has 58 valence electrons. The predicted molar refractivity (Wildman–Crippen MR) is 43.6 cm³/mol. The SMILES string of the molecule is CCC(NC(N)=O)C(N)=S. The van der Waals surface area contributed by atoms with Crippen molar-refractivity contribution in [2.75, 3.05) is 0 Å². The number of nitrogens with one attached hydrogen (secondary N) is 1. The van der Waals surface area contributed by atoms with E-state index in [4.69, 9.17) is 11.5 Å². The number of thiocarbonyl (C=S) groups is 1. The number of nitrogens with two attached hydrogens (primary N) is 2. The van der Waals surface area contributed by atoms with Gasteiger partial charge in [-0.3, -0.25) is 0 Å². The fourth-order valence-corrected chi connectivity index (χ4v) is 0.772. The molecule has 2 amide bonds. The lowest BCUT2D eigenvalue weighted by molar-refractivity contribution is 0.247. The smallest absolute Gasteiger partial charge is 0.312 e. The Morgan fingerprint density at radius 2 is 2.20 bits per heavy atom. The summed E-state index contributed by atoms with van der Waals surface area (Å²) in [6, 6.07) is -0.868. The Morgan fingerprint density at radius 1 is 1.70 bits per heavy atom. The summed E-state index contributed by atoms with van der Waals surface area (Å²) < 4.78 is 0. The van der Waals surface area contributed by atoms with Gasteiger partial charge in [0.05, 0.1) is 11.0 Å². The molecule has 0 aliphatic heterocycles. The van der Waals surface area contributed by atoms with Gasteiger partial charge >= 0.3 is 6.03 Å². The molecule has 0 rings (SSSR count). The number of rotatable bonds is 3. The molecule has 1 atom stereocenters. The first-order valence-corrected chi connectivity index (χ1v) is 3.34. The predicted octanol–water partition coefficient (Wildman–Crippen LogP) is -0.281. The molecule has 5 N–H and O–H groups in total. The van der Waals surface area contributed by atoms with E-state index in [-0.39, 0.29) is 11.0 Å². The maximum absolute atomic E-state index is 10.3. The number of carbonyl (C=O) groups excluding carboxylic acids is 1. The molecular formula is C5H11N3OS. The first kappa shape index (κ1) is 9.16. The van der Waals surface area contributed by atoms with Gasteiger partial charge in [0.25, 0.3) is 0 Å². The van der Waals surface area contributed by atoms with Crippen LogP contribution in [0.1, 0.15) is 13.3 Å². The topological polar surface area (TPSA) is 81.1 Å². The van der Waals surface area contributed by atoms with Gasteiger partial charge in [0, 0.05) is 0 Å². The van der Waals surface area contributed by atoms with E-state index in [0.29, 0.717) is 6.42 Å². The molecule has 0 spiro atoms. The number of hydrogen-bond donors (Lipinski definition) is 3. The summed E-state index contributed by atoms with van der Waals surface area (Å²) in [5.41, 5.74) is 10.1. The van der Waals surface area contributed by atoms with Crippen LogP contribution in [0.2, 0.25) is 0 Å². The summed E-state index contributed by atoms with van der Waals surface area (Å²) in [6.45, 7) is 1.86. The highest BCUT2D eigenvalue weighted by Gasteiger charge is 2.09. The highest BCUT2D eigenvalue weighted by molar-refractivity contribution is 7.80. The fourth-order valence-electron chi connectivity index (χ4n) is 0.546. The fraction of sp³-hybridized carbons (Fsp3) is 0.600. The number of carbonyl (C=O) groups is 1. The van der Waals surface area contributed by atoms with Gasteiger partial charge in [0.1, 0.15) is 0 Å². The molecule has 0 aromatic rings. The number of hydrogen-bond acceptors (Lipinski definition) is 2. The van der Waals surface area contributed by atoms with Gasteiger partial charge < -0.3 is 16.8 Å². The summed E-state index contributed by atoms with van der Waals surface area (Å²) in [5.74, 6) is 0. The average molecular weight is 161 g/mol. The van der Waals surface area contributed by atoms with Crippen molar-refractivity contribution >= 4 is 23.2 Å². The third kappa shape index (κ3) is 3.24. The van der Waals surface area contributed by atoms with Crippen LogP contribution in [0.4, 0.5) is 4.79 Å². The quantitative estimate of drug-likeness (QED) is 0.498. The van der Waals surface area contributed by atoms with Gasteiger partial charge in [-0.15, -0.1) is 0 Å². The van der Waals surface area contributed by atoms with Crippen LogP contribution < -0.4 is 16.8 Å². The van der Waals surface area contributed by atoms with Crippen molar-refractivity contribution in [3.8, 4) is 0 Å². The summed E-state index contributed by atoms with van der Waals surface area (Å²) in [7, 11) is 0. The van der Waals surface area contributed by atoms with E-state index in [0.717, 1.165) is 0 Å². The van der Waals surface area contributed by atoms with Gasteiger partial charge in [0.2, 0.25) is 0 Å². The zero-order valence-electron chi connectivity index (χ0n) is 5.76. The summed E-state index contributed by atoms with van der Waals surface area (Å²) in [6.07, 6.45) is 0.665. The molecule has 0 aromatic carbocycles. The molecule has 0 saturated heterocycles. The molecule has 0 bridgehead atoms. The molecule has 10 heavy (non-hydrogen) atoms. The van der Waals surface area contributed by atoms with Crippen molar-refractivity contribution in [3.05, 3.63) is 0 Å². The molecule has 4 nitrogen and oxygen atoms in total. The van der Waals surface area contributed by atoms with Gasteiger partial charge in [-0.1, -0.05) is 19.1 Å². The lowest BCUT2D eigenvalue weighted by Crippen LogP contribution is -2.45. The number of amides is 2. The minimum Gasteiger partial charge on any atom is -0.392 e. The van der Waals surface area contributed by atoms with E-state index in [2.05, 4.69) is 17.5 Å². The number of primary amides is 1. The van der Waals surface area contributed by atoms with Crippen LogP contribution in [0, 0.1) is 0 Å². The average Bonchev–Trinajstić information content (AvgIpc) is 1.81. The van der Waals surface area contributed by atoms with Crippen molar-refractivity contribution < 1.29 is 4.79 Å². The Kier molecular flexibility index (Phi) is 3.71. The third-order valence-corrected chi connectivity index (χ3v) is 1.35. The van der Waals surface area contributed by atoms with E-state index < -0.39 is 6.03 Å². The Labute approximate surface area is 64.9 Å². The highest BCUT2D eigenvalue weighted by Crippen LogP contribution is 1.89. The van der Waals surface area contributed by atoms with E-state index in [1.54, 1.807) is 0 Å². The van der Waals surface area contributed by atoms with Crippen LogP contribution in [0.15, 0.2) is 0 Å². The standard InChI is InChI=1S/C5H11N3OS/c1-2-3(4(6)10)8-5(7)9/h3H,2H2,1H3,(H2,6,10)(H3,7,8,9). The molecular weight excluding hydrogens is 150 g/mol. The van der Waals surface area contributed by atoms with Crippen LogP contribution in [0.3, 0.4) is 0 Å². The largest absolute Gasteiger partial charge is 0.392 e. The monoisotopic (exact) mass is 161 g/mol. The van der Waals surface area contributed by atoms with Crippen LogP contribution in [0.5, 0.6) is 0 Å². The Morgan fingerprint density at radius 3 is 2.30 bits per heavy atom. The first-order valence-electron chi connectivity index (χ1n) is 2.93.